The second-order valence-electron chi connectivity index (χ2n) is 7.36. The average Bonchev–Trinajstić information content (AvgIpc) is 3.06. The first kappa shape index (κ1) is 21.6. The van der Waals surface area contributed by atoms with Gasteiger partial charge >= 0.3 is 0 Å². The van der Waals surface area contributed by atoms with Gasteiger partial charge in [-0.05, 0) is 61.0 Å². The van der Waals surface area contributed by atoms with Crippen LogP contribution in [0.4, 0.5) is 10.1 Å². The zero-order chi connectivity index (χ0) is 23.0. The lowest BCUT2D eigenvalue weighted by molar-refractivity contribution is -0.117. The topological polar surface area (TPSA) is 83.9 Å². The molecule has 1 heterocycles. The summed E-state index contributed by atoms with van der Waals surface area (Å²) in [5.41, 5.74) is 1.55. The lowest BCUT2D eigenvalue weighted by atomic mass is 10.1. The number of anilines is 1. The van der Waals surface area contributed by atoms with E-state index in [4.69, 9.17) is 4.74 Å². The first-order chi connectivity index (χ1) is 15.2. The number of aliphatic hydroxyl groups is 1. The molecule has 0 radical (unpaired) electrons. The second-order valence-corrected chi connectivity index (χ2v) is 9.27. The first-order valence-corrected chi connectivity index (χ1v) is 11.2. The highest BCUT2D eigenvalue weighted by Crippen LogP contribution is 2.45. The molecule has 1 aliphatic heterocycles. The van der Waals surface area contributed by atoms with E-state index < -0.39 is 38.3 Å². The van der Waals surface area contributed by atoms with E-state index in [1.807, 2.05) is 6.92 Å². The maximum absolute atomic E-state index is 13.6. The van der Waals surface area contributed by atoms with Crippen molar-refractivity contribution in [1.29, 1.82) is 0 Å². The number of amides is 1. The van der Waals surface area contributed by atoms with Gasteiger partial charge in [-0.2, -0.15) is 0 Å². The van der Waals surface area contributed by atoms with Gasteiger partial charge in [-0.1, -0.05) is 29.8 Å². The van der Waals surface area contributed by atoms with E-state index in [9.17, 15) is 22.7 Å². The van der Waals surface area contributed by atoms with Crippen LogP contribution in [0.25, 0.3) is 0 Å². The molecule has 0 saturated heterocycles. The molecule has 0 fully saturated rings. The number of carbonyl (C=O) groups is 1. The Morgan fingerprint density at radius 3 is 2.09 bits per heavy atom. The molecule has 0 aliphatic carbocycles. The summed E-state index contributed by atoms with van der Waals surface area (Å²) < 4.78 is 45.8. The van der Waals surface area contributed by atoms with Crippen LogP contribution in [-0.4, -0.2) is 26.5 Å². The van der Waals surface area contributed by atoms with Gasteiger partial charge in [0, 0.05) is 5.69 Å². The lowest BCUT2D eigenvalue weighted by Gasteiger charge is -2.27. The Labute approximate surface area is 185 Å². The van der Waals surface area contributed by atoms with Crippen LogP contribution in [0.3, 0.4) is 0 Å². The molecule has 1 atom stereocenters. The molecule has 0 aromatic heterocycles. The number of carbonyl (C=O) groups excluding carboxylic acids is 1. The van der Waals surface area contributed by atoms with Gasteiger partial charge in [0.15, 0.2) is 5.76 Å². The van der Waals surface area contributed by atoms with E-state index in [0.29, 0.717) is 17.0 Å². The summed E-state index contributed by atoms with van der Waals surface area (Å²) in [7, 11) is -2.75. The number of methoxy groups -OCH3 is 1. The molecule has 8 heteroatoms. The van der Waals surface area contributed by atoms with Crippen LogP contribution in [0.1, 0.15) is 17.2 Å². The predicted molar refractivity (Wildman–Crippen MR) is 118 cm³/mol. The summed E-state index contributed by atoms with van der Waals surface area (Å²) >= 11 is 0. The van der Waals surface area contributed by atoms with Gasteiger partial charge in [0.25, 0.3) is 5.91 Å². The van der Waals surface area contributed by atoms with E-state index in [-0.39, 0.29) is 4.90 Å². The van der Waals surface area contributed by atoms with Gasteiger partial charge in [-0.25, -0.2) is 12.8 Å². The standard InChI is InChI=1S/C24H20FNO5S/c1-15-3-13-20(14-4-15)32(29,30)23-21(16-5-7-17(25)8-6-16)26(24(28)22(23)27)18-9-11-19(31-2)12-10-18/h3-14,21,27H,1-2H3. The fraction of sp³-hybridized carbons (Fsp3) is 0.125. The average molecular weight is 453 g/mol. The molecule has 4 rings (SSSR count). The van der Waals surface area contributed by atoms with Crippen molar-refractivity contribution in [2.75, 3.05) is 12.0 Å². The number of halogens is 1. The third-order valence-electron chi connectivity index (χ3n) is 5.32. The number of aryl methyl sites for hydroxylation is 1. The van der Waals surface area contributed by atoms with E-state index in [2.05, 4.69) is 0 Å². The molecule has 1 aliphatic rings. The zero-order valence-electron chi connectivity index (χ0n) is 17.3. The number of hydrogen-bond acceptors (Lipinski definition) is 5. The highest BCUT2D eigenvalue weighted by Gasteiger charge is 2.47. The van der Waals surface area contributed by atoms with Gasteiger partial charge < -0.3 is 9.84 Å². The fourth-order valence-electron chi connectivity index (χ4n) is 3.66. The summed E-state index contributed by atoms with van der Waals surface area (Å²) in [4.78, 5) is 13.8. The van der Waals surface area contributed by atoms with Crippen molar-refractivity contribution in [3.63, 3.8) is 0 Å². The maximum Gasteiger partial charge on any atom is 0.295 e. The zero-order valence-corrected chi connectivity index (χ0v) is 18.1. The van der Waals surface area contributed by atoms with E-state index in [1.165, 1.54) is 48.4 Å². The Bertz CT molecular complexity index is 1300. The third kappa shape index (κ3) is 3.62. The Morgan fingerprint density at radius 1 is 0.938 bits per heavy atom. The Morgan fingerprint density at radius 2 is 1.53 bits per heavy atom. The largest absolute Gasteiger partial charge is 0.502 e. The lowest BCUT2D eigenvalue weighted by Crippen LogP contribution is -2.31. The van der Waals surface area contributed by atoms with Crippen LogP contribution in [0.2, 0.25) is 0 Å². The Balaban J connectivity index is 1.91. The highest BCUT2D eigenvalue weighted by atomic mass is 32.2. The fourth-order valence-corrected chi connectivity index (χ4v) is 5.28. The smallest absolute Gasteiger partial charge is 0.295 e. The van der Waals surface area contributed by atoms with Crippen molar-refractivity contribution in [2.45, 2.75) is 17.9 Å². The van der Waals surface area contributed by atoms with Crippen LogP contribution in [0, 0.1) is 12.7 Å². The summed E-state index contributed by atoms with van der Waals surface area (Å²) in [6.45, 7) is 1.82. The predicted octanol–water partition coefficient (Wildman–Crippen LogP) is 4.47. The number of hydrogen-bond donors (Lipinski definition) is 1. The van der Waals surface area contributed by atoms with Crippen LogP contribution < -0.4 is 9.64 Å². The molecule has 1 amide bonds. The summed E-state index contributed by atoms with van der Waals surface area (Å²) in [6, 6.07) is 16.5. The Kier molecular flexibility index (Phi) is 5.48. The van der Waals surface area contributed by atoms with Gasteiger partial charge in [0.2, 0.25) is 9.84 Å². The Hall–Kier alpha value is -3.65. The minimum absolute atomic E-state index is 0.0545. The minimum atomic E-state index is -4.25. The summed E-state index contributed by atoms with van der Waals surface area (Å²) in [5.74, 6) is -1.69. The van der Waals surface area contributed by atoms with Crippen LogP contribution in [0.5, 0.6) is 5.75 Å². The molecule has 0 saturated carbocycles. The van der Waals surface area contributed by atoms with Gasteiger partial charge in [0.05, 0.1) is 12.0 Å². The first-order valence-electron chi connectivity index (χ1n) is 9.72. The van der Waals surface area contributed by atoms with Crippen molar-refractivity contribution in [3.8, 4) is 5.75 Å². The molecule has 0 bridgehead atoms. The van der Waals surface area contributed by atoms with Crippen molar-refractivity contribution in [2.24, 2.45) is 0 Å². The van der Waals surface area contributed by atoms with Crippen molar-refractivity contribution in [1.82, 2.24) is 0 Å². The number of aliphatic hydroxyl groups excluding tert-OH is 1. The quantitative estimate of drug-likeness (QED) is 0.616. The van der Waals surface area contributed by atoms with E-state index in [0.717, 1.165) is 5.56 Å². The molecular weight excluding hydrogens is 433 g/mol. The summed E-state index contributed by atoms with van der Waals surface area (Å²) in [5, 5.41) is 10.7. The molecule has 3 aromatic rings. The number of sulfone groups is 1. The number of benzene rings is 3. The van der Waals surface area contributed by atoms with Crippen LogP contribution >= 0.6 is 0 Å². The van der Waals surface area contributed by atoms with E-state index in [1.54, 1.807) is 36.4 Å². The number of rotatable bonds is 5. The monoisotopic (exact) mass is 453 g/mol. The molecule has 1 N–H and O–H groups in total. The number of nitrogens with zero attached hydrogens (tertiary/aromatic N) is 1. The number of ether oxygens (including phenoxy) is 1. The summed E-state index contributed by atoms with van der Waals surface area (Å²) in [6.07, 6.45) is 0. The van der Waals surface area contributed by atoms with Crippen molar-refractivity contribution >= 4 is 21.4 Å². The SMILES string of the molecule is COc1ccc(N2C(=O)C(O)=C(S(=O)(=O)c3ccc(C)cc3)C2c2ccc(F)cc2)cc1. The van der Waals surface area contributed by atoms with Crippen molar-refractivity contribution < 1.29 is 27.4 Å². The van der Waals surface area contributed by atoms with Crippen LogP contribution in [0.15, 0.2) is 88.4 Å². The molecule has 0 spiro atoms. The van der Waals surface area contributed by atoms with Gasteiger partial charge in [-0.15, -0.1) is 0 Å². The van der Waals surface area contributed by atoms with Crippen LogP contribution in [-0.2, 0) is 14.6 Å². The van der Waals surface area contributed by atoms with Gasteiger partial charge in [-0.3, -0.25) is 9.69 Å². The molecular formula is C24H20FNO5S. The molecule has 32 heavy (non-hydrogen) atoms. The molecule has 164 valence electrons. The molecule has 1 unspecified atom stereocenters. The second kappa shape index (κ2) is 8.12. The maximum atomic E-state index is 13.6. The highest BCUT2D eigenvalue weighted by molar-refractivity contribution is 7.95. The minimum Gasteiger partial charge on any atom is -0.502 e. The molecule has 6 nitrogen and oxygen atoms in total. The van der Waals surface area contributed by atoms with E-state index >= 15 is 0 Å². The normalized spacial score (nSPS) is 16.5. The third-order valence-corrected chi connectivity index (χ3v) is 7.21. The van der Waals surface area contributed by atoms with Crippen molar-refractivity contribution in [3.05, 3.63) is 100 Å². The molecule has 3 aromatic carbocycles. The van der Waals surface area contributed by atoms with Gasteiger partial charge in [0.1, 0.15) is 22.5 Å².